The Kier molecular flexibility index (Phi) is 3.19. The van der Waals surface area contributed by atoms with Crippen molar-refractivity contribution in [2.45, 2.75) is 13.8 Å². The molecule has 4 nitrogen and oxygen atoms in total. The summed E-state index contributed by atoms with van der Waals surface area (Å²) in [6.07, 6.45) is 0. The van der Waals surface area contributed by atoms with E-state index in [1.54, 1.807) is 0 Å². The Morgan fingerprint density at radius 1 is 1.41 bits per heavy atom. The van der Waals surface area contributed by atoms with Crippen molar-refractivity contribution in [2.24, 2.45) is 4.99 Å². The van der Waals surface area contributed by atoms with Crippen molar-refractivity contribution < 1.29 is 9.63 Å². The standard InChI is InChI=1S/C12H12N2O2S/c1-8-3-5-10(6-4-8)12-13-7-11(17)14(12)16-9(2)15/h3-6H,7H2,1-2H3. The Hall–Kier alpha value is -1.75. The van der Waals surface area contributed by atoms with Crippen LogP contribution in [-0.4, -0.2) is 28.4 Å². The summed E-state index contributed by atoms with van der Waals surface area (Å²) >= 11 is 5.10. The van der Waals surface area contributed by atoms with E-state index in [9.17, 15) is 4.79 Å². The molecule has 1 heterocycles. The zero-order chi connectivity index (χ0) is 12.4. The Balaban J connectivity index is 2.28. The number of carbonyl (C=O) groups excluding carboxylic acids is 1. The fourth-order valence-corrected chi connectivity index (χ4v) is 1.71. The van der Waals surface area contributed by atoms with Crippen molar-refractivity contribution in [1.82, 2.24) is 5.06 Å². The summed E-state index contributed by atoms with van der Waals surface area (Å²) in [5.74, 6) is 0.180. The van der Waals surface area contributed by atoms with Crippen LogP contribution in [0.25, 0.3) is 0 Å². The van der Waals surface area contributed by atoms with Gasteiger partial charge < -0.3 is 4.84 Å². The summed E-state index contributed by atoms with van der Waals surface area (Å²) in [5.41, 5.74) is 2.05. The lowest BCUT2D eigenvalue weighted by Crippen LogP contribution is -2.33. The fourth-order valence-electron chi connectivity index (χ4n) is 1.52. The fraction of sp³-hybridized carbons (Fsp3) is 0.250. The van der Waals surface area contributed by atoms with Crippen molar-refractivity contribution in [3.8, 4) is 0 Å². The van der Waals surface area contributed by atoms with E-state index in [1.807, 2.05) is 31.2 Å². The lowest BCUT2D eigenvalue weighted by molar-refractivity contribution is -0.158. The van der Waals surface area contributed by atoms with Gasteiger partial charge in [-0.3, -0.25) is 4.99 Å². The highest BCUT2D eigenvalue weighted by Gasteiger charge is 2.26. The number of hydrogen-bond acceptors (Lipinski definition) is 4. The summed E-state index contributed by atoms with van der Waals surface area (Å²) in [7, 11) is 0. The van der Waals surface area contributed by atoms with Gasteiger partial charge in [-0.05, 0) is 6.92 Å². The van der Waals surface area contributed by atoms with Crippen LogP contribution in [0.2, 0.25) is 0 Å². The summed E-state index contributed by atoms with van der Waals surface area (Å²) in [6.45, 7) is 3.73. The number of aliphatic imine (C=N–C) groups is 1. The minimum Gasteiger partial charge on any atom is -0.334 e. The Labute approximate surface area is 105 Å². The van der Waals surface area contributed by atoms with Gasteiger partial charge >= 0.3 is 5.97 Å². The Morgan fingerprint density at radius 3 is 2.65 bits per heavy atom. The quantitative estimate of drug-likeness (QED) is 0.749. The normalized spacial score (nSPS) is 14.8. The van der Waals surface area contributed by atoms with E-state index < -0.39 is 5.97 Å². The number of rotatable bonds is 2. The number of amidine groups is 1. The SMILES string of the molecule is CC(=O)ON1C(=S)CN=C1c1ccc(C)cc1. The number of hydrogen-bond donors (Lipinski definition) is 0. The van der Waals surface area contributed by atoms with Gasteiger partial charge in [0.2, 0.25) is 0 Å². The highest BCUT2D eigenvalue weighted by Crippen LogP contribution is 2.15. The van der Waals surface area contributed by atoms with Crippen molar-refractivity contribution in [3.05, 3.63) is 35.4 Å². The maximum atomic E-state index is 11.0. The van der Waals surface area contributed by atoms with Gasteiger partial charge in [0.25, 0.3) is 0 Å². The maximum Gasteiger partial charge on any atom is 0.329 e. The van der Waals surface area contributed by atoms with Gasteiger partial charge in [0.05, 0.1) is 6.54 Å². The number of nitrogens with zero attached hydrogens (tertiary/aromatic N) is 2. The molecule has 5 heteroatoms. The molecule has 0 saturated heterocycles. The molecule has 0 amide bonds. The van der Waals surface area contributed by atoms with Gasteiger partial charge in [0.15, 0.2) is 5.84 Å². The third-order valence-corrected chi connectivity index (χ3v) is 2.61. The lowest BCUT2D eigenvalue weighted by atomic mass is 10.1. The first kappa shape index (κ1) is 11.7. The molecule has 1 aromatic rings. The molecule has 1 aliphatic rings. The molecule has 17 heavy (non-hydrogen) atoms. The molecule has 0 bridgehead atoms. The van der Waals surface area contributed by atoms with E-state index in [2.05, 4.69) is 4.99 Å². The van der Waals surface area contributed by atoms with E-state index in [4.69, 9.17) is 17.1 Å². The van der Waals surface area contributed by atoms with Crippen molar-refractivity contribution in [3.63, 3.8) is 0 Å². The molecule has 2 rings (SSSR count). The molecule has 0 radical (unpaired) electrons. The van der Waals surface area contributed by atoms with Crippen LogP contribution in [0.5, 0.6) is 0 Å². The van der Waals surface area contributed by atoms with E-state index >= 15 is 0 Å². The second-order valence-electron chi connectivity index (χ2n) is 3.78. The average molecular weight is 248 g/mol. The summed E-state index contributed by atoms with van der Waals surface area (Å²) in [4.78, 5) is 20.8. The molecule has 0 unspecified atom stereocenters. The predicted octanol–water partition coefficient (Wildman–Crippen LogP) is 1.86. The molecule has 0 aromatic heterocycles. The minimum atomic E-state index is -0.408. The van der Waals surface area contributed by atoms with Gasteiger partial charge in [-0.25, -0.2) is 4.79 Å². The predicted molar refractivity (Wildman–Crippen MR) is 68.8 cm³/mol. The monoisotopic (exact) mass is 248 g/mol. The van der Waals surface area contributed by atoms with Crippen LogP contribution in [0, 0.1) is 6.92 Å². The topological polar surface area (TPSA) is 41.9 Å². The highest BCUT2D eigenvalue weighted by molar-refractivity contribution is 7.80. The first-order chi connectivity index (χ1) is 8.08. The van der Waals surface area contributed by atoms with Gasteiger partial charge in [-0.1, -0.05) is 42.0 Å². The minimum absolute atomic E-state index is 0.381. The van der Waals surface area contributed by atoms with Crippen LogP contribution in [-0.2, 0) is 9.63 Å². The first-order valence-electron chi connectivity index (χ1n) is 5.21. The number of thiocarbonyl (C=S) groups is 1. The van der Waals surface area contributed by atoms with E-state index in [1.165, 1.54) is 12.0 Å². The van der Waals surface area contributed by atoms with Crippen LogP contribution in [0.3, 0.4) is 0 Å². The molecule has 0 N–H and O–H groups in total. The largest absolute Gasteiger partial charge is 0.334 e. The zero-order valence-corrected chi connectivity index (χ0v) is 10.5. The van der Waals surface area contributed by atoms with Gasteiger partial charge in [0.1, 0.15) is 4.99 Å². The van der Waals surface area contributed by atoms with E-state index in [0.29, 0.717) is 17.4 Å². The van der Waals surface area contributed by atoms with Crippen LogP contribution in [0.15, 0.2) is 29.3 Å². The van der Waals surface area contributed by atoms with E-state index in [-0.39, 0.29) is 0 Å². The number of hydroxylamine groups is 2. The van der Waals surface area contributed by atoms with Gasteiger partial charge in [-0.2, -0.15) is 0 Å². The van der Waals surface area contributed by atoms with Crippen LogP contribution >= 0.6 is 12.2 Å². The third-order valence-electron chi connectivity index (χ3n) is 2.31. The van der Waals surface area contributed by atoms with Crippen molar-refractivity contribution >= 4 is 29.0 Å². The summed E-state index contributed by atoms with van der Waals surface area (Å²) in [6, 6.07) is 7.81. The van der Waals surface area contributed by atoms with E-state index in [0.717, 1.165) is 11.1 Å². The molecular weight excluding hydrogens is 236 g/mol. The first-order valence-corrected chi connectivity index (χ1v) is 5.62. The molecule has 0 atom stereocenters. The molecule has 1 aliphatic heterocycles. The van der Waals surface area contributed by atoms with Crippen molar-refractivity contribution in [2.75, 3.05) is 6.54 Å². The zero-order valence-electron chi connectivity index (χ0n) is 9.64. The van der Waals surface area contributed by atoms with Crippen molar-refractivity contribution in [1.29, 1.82) is 0 Å². The molecule has 0 fully saturated rings. The highest BCUT2D eigenvalue weighted by atomic mass is 32.1. The molecular formula is C12H12N2O2S. The number of benzene rings is 1. The Bertz CT molecular complexity index is 494. The number of aryl methyl sites for hydroxylation is 1. The smallest absolute Gasteiger partial charge is 0.329 e. The average Bonchev–Trinajstić information content (AvgIpc) is 2.61. The van der Waals surface area contributed by atoms with Crippen LogP contribution in [0.4, 0.5) is 0 Å². The van der Waals surface area contributed by atoms with Gasteiger partial charge in [0, 0.05) is 12.5 Å². The third kappa shape index (κ3) is 2.50. The summed E-state index contributed by atoms with van der Waals surface area (Å²) in [5, 5.41) is 1.32. The second-order valence-corrected chi connectivity index (χ2v) is 4.25. The van der Waals surface area contributed by atoms with Gasteiger partial charge in [-0.15, -0.1) is 5.06 Å². The van der Waals surface area contributed by atoms with Crippen LogP contribution < -0.4 is 0 Å². The Morgan fingerprint density at radius 2 is 2.06 bits per heavy atom. The lowest BCUT2D eigenvalue weighted by Gasteiger charge is -2.18. The molecule has 0 saturated carbocycles. The molecule has 0 aliphatic carbocycles. The molecule has 1 aromatic carbocycles. The maximum absolute atomic E-state index is 11.0. The number of carbonyl (C=O) groups is 1. The summed E-state index contributed by atoms with van der Waals surface area (Å²) < 4.78 is 0. The molecule has 0 spiro atoms. The van der Waals surface area contributed by atoms with Crippen LogP contribution in [0.1, 0.15) is 18.1 Å². The molecule has 88 valence electrons. The second kappa shape index (κ2) is 4.63.